The molecule has 25 N–H and O–H groups in total. The van der Waals surface area contributed by atoms with E-state index in [2.05, 4.69) is 5.32 Å². The molecule has 57 heavy (non-hydrogen) atoms. The van der Waals surface area contributed by atoms with Gasteiger partial charge < -0.3 is 115 Å². The summed E-state index contributed by atoms with van der Waals surface area (Å²) >= 11 is 0. The van der Waals surface area contributed by atoms with E-state index in [-0.39, 0.29) is 148 Å². The van der Waals surface area contributed by atoms with Gasteiger partial charge >= 0.3 is 224 Å². The molecule has 0 atom stereocenters. The van der Waals surface area contributed by atoms with Crippen molar-refractivity contribution in [3.05, 3.63) is 0 Å². The molecule has 0 aromatic heterocycles. The Labute approximate surface area is 433 Å². The zero-order chi connectivity index (χ0) is 44.1. The van der Waals surface area contributed by atoms with E-state index in [4.69, 9.17) is 109 Å². The average molecular weight is 1100 g/mol. The van der Waals surface area contributed by atoms with Crippen molar-refractivity contribution in [1.82, 2.24) is 5.32 Å². The third-order valence-corrected chi connectivity index (χ3v) is 17.2. The van der Waals surface area contributed by atoms with Gasteiger partial charge in [-0.3, -0.25) is 45.7 Å². The Morgan fingerprint density at radius 1 is 0.263 bits per heavy atom. The van der Waals surface area contributed by atoms with Crippen LogP contribution in [0.3, 0.4) is 0 Å². The van der Waals surface area contributed by atoms with Crippen LogP contribution in [-0.4, -0.2) is 301 Å². The fourth-order valence-electron chi connectivity index (χ4n) is 1.53. The van der Waals surface area contributed by atoms with Crippen LogP contribution in [0.25, 0.3) is 0 Å². The fourth-order valence-corrected chi connectivity index (χ4v) is 11.1. The first kappa shape index (κ1) is 89.9. The summed E-state index contributed by atoms with van der Waals surface area (Å²) in [5, 5.41) is 3.03. The van der Waals surface area contributed by atoms with Gasteiger partial charge in [0.05, 0.1) is 0 Å². The molecular formula is C9H48N3Na5O30P10. The normalized spacial score (nSPS) is 12.0. The second kappa shape index (κ2) is 40.3. The molecule has 0 saturated carbocycles. The van der Waals surface area contributed by atoms with Crippen molar-refractivity contribution in [2.45, 2.75) is 0 Å². The summed E-state index contributed by atoms with van der Waals surface area (Å²) < 4.78 is 98.5. The Bertz CT molecular complexity index is 1130. The Kier molecular flexibility index (Phi) is 63.5. The maximum atomic E-state index is 9.85. The predicted octanol–water partition coefficient (Wildman–Crippen LogP) is -8.25. The number of hydrogen-bond donors (Lipinski definition) is 23. The maximum absolute atomic E-state index is 9.85. The first-order valence-electron chi connectivity index (χ1n) is 11.5. The second-order valence-corrected chi connectivity index (χ2v) is 27.6. The minimum absolute atomic E-state index is 0. The standard InChI is InChI=1S/C4H13N3.5CH6O6P2.5Na.5H/c5-1-3-7-4-2-6;5*2-8(3,4)1-9(5,6)7;;;;;;;;;;/h7H,1-6H2;5*1H2,(H2,2,3,4)(H2,5,6,7);;;;;;;;;;. The summed E-state index contributed by atoms with van der Waals surface area (Å²) in [5.74, 6) is -6.88. The third-order valence-electron chi connectivity index (χ3n) is 2.48. The van der Waals surface area contributed by atoms with Crippen LogP contribution in [0.5, 0.6) is 0 Å². The Morgan fingerprint density at radius 3 is 0.386 bits per heavy atom. The van der Waals surface area contributed by atoms with Crippen LogP contribution in [0.4, 0.5) is 0 Å². The average Bonchev–Trinajstić information content (AvgIpc) is 2.62. The van der Waals surface area contributed by atoms with Crippen molar-refractivity contribution < 1.29 is 144 Å². The van der Waals surface area contributed by atoms with E-state index in [1.54, 1.807) is 0 Å². The van der Waals surface area contributed by atoms with E-state index in [0.717, 1.165) is 13.1 Å². The molecule has 0 heterocycles. The van der Waals surface area contributed by atoms with Gasteiger partial charge in [0.15, 0.2) is 29.5 Å². The molecule has 0 radical (unpaired) electrons. The summed E-state index contributed by atoms with van der Waals surface area (Å²) in [6.07, 6.45) is 0. The molecule has 0 aromatic carbocycles. The number of hydrogen-bond acceptors (Lipinski definition) is 13. The molecule has 0 rings (SSSR count). The van der Waals surface area contributed by atoms with Crippen molar-refractivity contribution in [2.75, 3.05) is 55.7 Å². The van der Waals surface area contributed by atoms with Gasteiger partial charge in [-0.25, -0.2) is 0 Å². The van der Waals surface area contributed by atoms with Crippen molar-refractivity contribution in [3.63, 3.8) is 0 Å². The molecule has 0 fully saturated rings. The van der Waals surface area contributed by atoms with Crippen LogP contribution in [-0.2, 0) is 45.7 Å². The molecule has 334 valence electrons. The summed E-state index contributed by atoms with van der Waals surface area (Å²) in [4.78, 5) is 159. The van der Waals surface area contributed by atoms with E-state index < -0.39 is 105 Å². The van der Waals surface area contributed by atoms with Gasteiger partial charge in [0, 0.05) is 26.2 Å². The zero-order valence-corrected chi connectivity index (χ0v) is 34.5. The van der Waals surface area contributed by atoms with Crippen molar-refractivity contribution in [3.8, 4) is 0 Å². The van der Waals surface area contributed by atoms with Gasteiger partial charge in [-0.15, -0.1) is 0 Å². The van der Waals surface area contributed by atoms with Gasteiger partial charge in [0.2, 0.25) is 0 Å². The molecule has 0 aliphatic rings. The monoisotopic (exact) mass is 1100 g/mol. The van der Waals surface area contributed by atoms with Crippen LogP contribution >= 0.6 is 76.0 Å². The van der Waals surface area contributed by atoms with Crippen LogP contribution < -0.4 is 16.8 Å². The molecule has 0 aromatic rings. The number of nitrogens with two attached hydrogens (primary N) is 2. The molecule has 33 nitrogen and oxygen atoms in total. The predicted molar refractivity (Wildman–Crippen MR) is 211 cm³/mol. The third kappa shape index (κ3) is 139. The molecule has 0 aliphatic carbocycles. The molecule has 0 spiro atoms. The summed E-state index contributed by atoms with van der Waals surface area (Å²) in [6, 6.07) is 0. The molecule has 0 aliphatic heterocycles. The van der Waals surface area contributed by atoms with E-state index in [1.807, 2.05) is 0 Å². The summed E-state index contributed by atoms with van der Waals surface area (Å²) in [7, 11) is -45.5. The molecular weight excluding hydrogens is 1050 g/mol. The van der Waals surface area contributed by atoms with Crippen LogP contribution in [0.1, 0.15) is 0 Å². The van der Waals surface area contributed by atoms with Crippen LogP contribution in [0.15, 0.2) is 0 Å². The van der Waals surface area contributed by atoms with Gasteiger partial charge in [0.1, 0.15) is 0 Å². The van der Waals surface area contributed by atoms with E-state index in [1.165, 1.54) is 0 Å². The first-order chi connectivity index (χ1) is 21.9. The Morgan fingerprint density at radius 2 is 0.351 bits per heavy atom. The van der Waals surface area contributed by atoms with Gasteiger partial charge in [-0.2, -0.15) is 0 Å². The number of rotatable bonds is 14. The minimum atomic E-state index is -4.55. The van der Waals surface area contributed by atoms with Gasteiger partial charge in [-0.1, -0.05) is 0 Å². The van der Waals surface area contributed by atoms with Crippen molar-refractivity contribution >= 4 is 224 Å². The molecule has 48 heteroatoms. The molecule has 0 saturated heterocycles. The van der Waals surface area contributed by atoms with E-state index in [0.29, 0.717) is 13.1 Å². The quantitative estimate of drug-likeness (QED) is 0.0436. The topological polar surface area (TPSA) is 639 Å². The van der Waals surface area contributed by atoms with Gasteiger partial charge in [-0.05, 0) is 0 Å². The van der Waals surface area contributed by atoms with E-state index >= 15 is 0 Å². The van der Waals surface area contributed by atoms with Gasteiger partial charge in [0.25, 0.3) is 0 Å². The van der Waals surface area contributed by atoms with E-state index in [9.17, 15) is 45.7 Å². The van der Waals surface area contributed by atoms with Crippen molar-refractivity contribution in [2.24, 2.45) is 11.5 Å². The zero-order valence-electron chi connectivity index (χ0n) is 25.5. The Hall–Kier alpha value is 6.38. The van der Waals surface area contributed by atoms with Crippen LogP contribution in [0, 0.1) is 0 Å². The fraction of sp³-hybridized carbons (Fsp3) is 1.00. The van der Waals surface area contributed by atoms with Crippen molar-refractivity contribution in [1.29, 1.82) is 0 Å². The second-order valence-electron chi connectivity index (χ2n) is 8.68. The Balaban J connectivity index is -0.0000000487. The summed E-state index contributed by atoms with van der Waals surface area (Å²) in [6.45, 7) is 3.13. The molecule has 0 amide bonds. The number of nitrogens with one attached hydrogen (secondary N) is 1. The summed E-state index contributed by atoms with van der Waals surface area (Å²) in [5.41, 5.74) is 10.3. The molecule has 0 bridgehead atoms. The van der Waals surface area contributed by atoms with Crippen LogP contribution in [0.2, 0.25) is 0 Å². The SMILES string of the molecule is NCCNCCN.O=P(O)(O)CP(=O)(O)O.O=P(O)(O)CP(=O)(O)O.O=P(O)(O)CP(=O)(O)O.O=P(O)(O)CP(=O)(O)O.O=P(O)(O)CP(=O)(O)O.[NaH].[NaH].[NaH].[NaH].[NaH]. The molecule has 0 unspecified atom stereocenters. The first-order valence-corrected chi connectivity index (χ1v) is 29.5.